The van der Waals surface area contributed by atoms with Crippen LogP contribution in [0.2, 0.25) is 5.02 Å². The molecule has 2 aromatic carbocycles. The molecule has 2 heterocycles. The van der Waals surface area contributed by atoms with Crippen LogP contribution in [0, 0.1) is 0 Å². The number of nitrogens with zero attached hydrogens (tertiary/aromatic N) is 2. The van der Waals surface area contributed by atoms with Gasteiger partial charge >= 0.3 is 0 Å². The molecule has 190 valence electrons. The van der Waals surface area contributed by atoms with Gasteiger partial charge in [-0.1, -0.05) is 17.7 Å². The highest BCUT2D eigenvalue weighted by atomic mass is 35.5. The Morgan fingerprint density at radius 2 is 1.97 bits per heavy atom. The second kappa shape index (κ2) is 11.8. The van der Waals surface area contributed by atoms with Gasteiger partial charge in [0.2, 0.25) is 5.91 Å². The fourth-order valence-electron chi connectivity index (χ4n) is 4.18. The van der Waals surface area contributed by atoms with E-state index in [-0.39, 0.29) is 21.9 Å². The van der Waals surface area contributed by atoms with Crippen LogP contribution in [-0.4, -0.2) is 43.5 Å². The van der Waals surface area contributed by atoms with Crippen molar-refractivity contribution in [1.82, 2.24) is 14.8 Å². The van der Waals surface area contributed by atoms with Crippen molar-refractivity contribution in [3.05, 3.63) is 71.9 Å². The predicted octanol–water partition coefficient (Wildman–Crippen LogP) is 4.88. The molecule has 1 fully saturated rings. The first-order valence-corrected chi connectivity index (χ1v) is 13.7. The minimum Gasteiger partial charge on any atom is -0.494 e. The van der Waals surface area contributed by atoms with Gasteiger partial charge < -0.3 is 10.1 Å². The number of carbonyl (C=O) groups is 1. The van der Waals surface area contributed by atoms with Crippen molar-refractivity contribution in [2.45, 2.75) is 43.5 Å². The summed E-state index contributed by atoms with van der Waals surface area (Å²) >= 11 is 6.16. The van der Waals surface area contributed by atoms with Crippen LogP contribution in [0.5, 0.6) is 5.75 Å². The van der Waals surface area contributed by atoms with Crippen molar-refractivity contribution >= 4 is 33.2 Å². The Bertz CT molecular complexity index is 1290. The normalized spacial score (nSPS) is 16.1. The number of carbonyl (C=O) groups excluding carboxylic acids is 1. The Morgan fingerprint density at radius 1 is 1.17 bits per heavy atom. The number of pyridine rings is 1. The number of amides is 1. The van der Waals surface area contributed by atoms with Crippen LogP contribution in [0.15, 0.2) is 71.8 Å². The van der Waals surface area contributed by atoms with Crippen LogP contribution in [0.4, 0.5) is 5.69 Å². The maximum absolute atomic E-state index is 12.9. The molecule has 1 amide bonds. The third-order valence-corrected chi connectivity index (χ3v) is 7.60. The zero-order chi connectivity index (χ0) is 25.5. The molecule has 1 aliphatic rings. The maximum Gasteiger partial charge on any atom is 0.253 e. The average Bonchev–Trinajstić information content (AvgIpc) is 3.29. The number of halogens is 1. The topological polar surface area (TPSA) is 101 Å². The molecule has 0 bridgehead atoms. The average molecular weight is 529 g/mol. The van der Waals surface area contributed by atoms with Crippen LogP contribution in [0.1, 0.15) is 32.6 Å². The zero-order valence-corrected chi connectivity index (χ0v) is 21.6. The standard InChI is InChI=1S/C26H29ClN4O4S/c1-19(32)29-26-14-13-23(18-24(26)27)36(33,34)30-31-16-4-6-21(31)7-5-17-35-22-11-9-20(10-12-22)25-8-2-3-15-28-25/h2-3,8-15,18,21,30H,4-7,16-17H2,1H3,(H,29,32)/t21-/m1/s1. The van der Waals surface area contributed by atoms with Crippen molar-refractivity contribution < 1.29 is 17.9 Å². The molecule has 0 saturated carbocycles. The van der Waals surface area contributed by atoms with Gasteiger partial charge in [-0.25, -0.2) is 13.4 Å². The highest BCUT2D eigenvalue weighted by Gasteiger charge is 2.29. The van der Waals surface area contributed by atoms with Gasteiger partial charge in [-0.05, 0) is 80.3 Å². The Labute approximate surface area is 216 Å². The van der Waals surface area contributed by atoms with Crippen LogP contribution < -0.4 is 14.9 Å². The Hall–Kier alpha value is -2.98. The summed E-state index contributed by atoms with van der Waals surface area (Å²) in [5.74, 6) is 0.509. The van der Waals surface area contributed by atoms with Gasteiger partial charge in [-0.15, -0.1) is 4.83 Å². The molecular formula is C26H29ClN4O4S. The van der Waals surface area contributed by atoms with Crippen molar-refractivity contribution in [2.24, 2.45) is 0 Å². The first kappa shape index (κ1) is 26.1. The molecule has 10 heteroatoms. The minimum atomic E-state index is -3.80. The van der Waals surface area contributed by atoms with Crippen LogP contribution in [-0.2, 0) is 14.8 Å². The molecule has 0 unspecified atom stereocenters. The SMILES string of the molecule is CC(=O)Nc1ccc(S(=O)(=O)NN2CCC[C@@H]2CCCOc2ccc(-c3ccccn3)cc2)cc1Cl. The molecule has 8 nitrogen and oxygen atoms in total. The van der Waals surface area contributed by atoms with Crippen molar-refractivity contribution in [3.8, 4) is 17.0 Å². The third kappa shape index (κ3) is 6.82. The summed E-state index contributed by atoms with van der Waals surface area (Å²) in [6, 6.07) is 18.0. The highest BCUT2D eigenvalue weighted by molar-refractivity contribution is 7.89. The molecule has 3 aromatic rings. The molecule has 0 spiro atoms. The van der Waals surface area contributed by atoms with E-state index in [0.29, 0.717) is 18.8 Å². The van der Waals surface area contributed by atoms with Gasteiger partial charge in [-0.2, -0.15) is 0 Å². The lowest BCUT2D eigenvalue weighted by molar-refractivity contribution is -0.114. The minimum absolute atomic E-state index is 0.0461. The van der Waals surface area contributed by atoms with Gasteiger partial charge in [0.1, 0.15) is 5.75 Å². The predicted molar refractivity (Wildman–Crippen MR) is 140 cm³/mol. The van der Waals surface area contributed by atoms with E-state index in [4.69, 9.17) is 16.3 Å². The number of sulfonamides is 1. The van der Waals surface area contributed by atoms with Gasteiger partial charge in [0.15, 0.2) is 0 Å². The van der Waals surface area contributed by atoms with Gasteiger partial charge in [0.25, 0.3) is 10.0 Å². The van der Waals surface area contributed by atoms with Gasteiger partial charge in [0, 0.05) is 31.3 Å². The monoisotopic (exact) mass is 528 g/mol. The van der Waals surface area contributed by atoms with Gasteiger partial charge in [-0.3, -0.25) is 9.78 Å². The number of hydrogen-bond donors (Lipinski definition) is 2. The van der Waals surface area contributed by atoms with E-state index in [1.165, 1.54) is 25.1 Å². The molecule has 1 atom stereocenters. The number of hydrogen-bond acceptors (Lipinski definition) is 6. The first-order chi connectivity index (χ1) is 17.3. The van der Waals surface area contributed by atoms with Crippen molar-refractivity contribution in [3.63, 3.8) is 0 Å². The number of ether oxygens (including phenoxy) is 1. The summed E-state index contributed by atoms with van der Waals surface area (Å²) in [6.07, 6.45) is 5.18. The Morgan fingerprint density at radius 3 is 2.67 bits per heavy atom. The molecule has 1 aromatic heterocycles. The summed E-state index contributed by atoms with van der Waals surface area (Å²) in [7, 11) is -3.80. The van der Waals surface area contributed by atoms with E-state index in [1.54, 1.807) is 11.2 Å². The molecule has 36 heavy (non-hydrogen) atoms. The van der Waals surface area contributed by atoms with Crippen LogP contribution in [0.25, 0.3) is 11.3 Å². The van der Waals surface area contributed by atoms with Crippen LogP contribution >= 0.6 is 11.6 Å². The zero-order valence-electron chi connectivity index (χ0n) is 20.0. The van der Waals surface area contributed by atoms with Crippen LogP contribution in [0.3, 0.4) is 0 Å². The Kier molecular flexibility index (Phi) is 8.58. The molecule has 0 aliphatic carbocycles. The lowest BCUT2D eigenvalue weighted by atomic mass is 10.1. The maximum atomic E-state index is 12.9. The molecule has 4 rings (SSSR count). The molecule has 1 aliphatic heterocycles. The number of aromatic nitrogens is 1. The van der Waals surface area contributed by atoms with Gasteiger partial charge in [0.05, 0.1) is 27.9 Å². The lowest BCUT2D eigenvalue weighted by Crippen LogP contribution is -2.45. The summed E-state index contributed by atoms with van der Waals surface area (Å²) in [6.45, 7) is 2.54. The van der Waals surface area contributed by atoms with E-state index >= 15 is 0 Å². The fourth-order valence-corrected chi connectivity index (χ4v) is 5.65. The number of nitrogens with one attached hydrogen (secondary N) is 2. The quantitative estimate of drug-likeness (QED) is 0.364. The Balaban J connectivity index is 1.27. The second-order valence-corrected chi connectivity index (χ2v) is 10.7. The molecule has 1 saturated heterocycles. The summed E-state index contributed by atoms with van der Waals surface area (Å²) < 4.78 is 31.8. The van der Waals surface area contributed by atoms with E-state index in [1.807, 2.05) is 42.5 Å². The summed E-state index contributed by atoms with van der Waals surface area (Å²) in [5, 5.41) is 4.52. The number of anilines is 1. The van der Waals surface area contributed by atoms with E-state index in [0.717, 1.165) is 42.7 Å². The van der Waals surface area contributed by atoms with Crippen molar-refractivity contribution in [2.75, 3.05) is 18.5 Å². The fraction of sp³-hybridized carbons (Fsp3) is 0.308. The lowest BCUT2D eigenvalue weighted by Gasteiger charge is -2.25. The molecule has 0 radical (unpaired) electrons. The number of rotatable bonds is 10. The highest BCUT2D eigenvalue weighted by Crippen LogP contribution is 2.27. The molecule has 2 N–H and O–H groups in total. The number of benzene rings is 2. The smallest absolute Gasteiger partial charge is 0.253 e. The van der Waals surface area contributed by atoms with Crippen molar-refractivity contribution in [1.29, 1.82) is 0 Å². The third-order valence-electron chi connectivity index (χ3n) is 5.94. The second-order valence-electron chi connectivity index (χ2n) is 8.64. The van der Waals surface area contributed by atoms with E-state index in [2.05, 4.69) is 15.1 Å². The molecular weight excluding hydrogens is 500 g/mol. The number of hydrazine groups is 1. The first-order valence-electron chi connectivity index (χ1n) is 11.8. The van der Waals surface area contributed by atoms with E-state index < -0.39 is 10.0 Å². The van der Waals surface area contributed by atoms with E-state index in [9.17, 15) is 13.2 Å². The largest absolute Gasteiger partial charge is 0.494 e. The summed E-state index contributed by atoms with van der Waals surface area (Å²) in [4.78, 5) is 18.4. The summed E-state index contributed by atoms with van der Waals surface area (Å²) in [5.41, 5.74) is 2.31.